The van der Waals surface area contributed by atoms with Gasteiger partial charge in [-0.3, -0.25) is 4.90 Å². The lowest BCUT2D eigenvalue weighted by Gasteiger charge is -2.30. The molecule has 3 heterocycles. The summed E-state index contributed by atoms with van der Waals surface area (Å²) in [6, 6.07) is 6.75. The predicted molar refractivity (Wildman–Crippen MR) is 96.0 cm³/mol. The Kier molecular flexibility index (Phi) is 4.78. The van der Waals surface area contributed by atoms with Crippen molar-refractivity contribution in [3.63, 3.8) is 0 Å². The second-order valence-electron chi connectivity index (χ2n) is 6.79. The maximum atomic E-state index is 12.6. The van der Waals surface area contributed by atoms with E-state index in [1.807, 2.05) is 7.05 Å². The SMILES string of the molecule is CN1CCNCC1c1noc(-c2ccc(S(=O)(=O)N3CCCC3)cc2)n1. The van der Waals surface area contributed by atoms with E-state index in [4.69, 9.17) is 4.52 Å². The van der Waals surface area contributed by atoms with Gasteiger partial charge in [-0.1, -0.05) is 5.16 Å². The minimum atomic E-state index is -3.41. The van der Waals surface area contributed by atoms with Crippen LogP contribution in [-0.4, -0.2) is 67.5 Å². The quantitative estimate of drug-likeness (QED) is 0.853. The van der Waals surface area contributed by atoms with Crippen LogP contribution in [0.4, 0.5) is 0 Å². The number of hydrogen-bond donors (Lipinski definition) is 1. The summed E-state index contributed by atoms with van der Waals surface area (Å²) in [5.41, 5.74) is 0.718. The molecular formula is C17H23N5O3S. The zero-order chi connectivity index (χ0) is 18.1. The Hall–Kier alpha value is -1.81. The number of aromatic nitrogens is 2. The van der Waals surface area contributed by atoms with E-state index >= 15 is 0 Å². The van der Waals surface area contributed by atoms with E-state index in [1.165, 1.54) is 0 Å². The lowest BCUT2D eigenvalue weighted by atomic mass is 10.2. The third kappa shape index (κ3) is 3.27. The summed E-state index contributed by atoms with van der Waals surface area (Å²) in [6.45, 7) is 3.85. The molecule has 1 aromatic carbocycles. The molecular weight excluding hydrogens is 354 g/mol. The Morgan fingerprint density at radius 2 is 1.88 bits per heavy atom. The van der Waals surface area contributed by atoms with Crippen LogP contribution in [0.15, 0.2) is 33.7 Å². The lowest BCUT2D eigenvalue weighted by Crippen LogP contribution is -2.44. The van der Waals surface area contributed by atoms with Gasteiger partial charge in [0.1, 0.15) is 0 Å². The van der Waals surface area contributed by atoms with Crippen LogP contribution in [0.25, 0.3) is 11.5 Å². The van der Waals surface area contributed by atoms with E-state index in [-0.39, 0.29) is 6.04 Å². The van der Waals surface area contributed by atoms with Crippen molar-refractivity contribution in [2.45, 2.75) is 23.8 Å². The highest BCUT2D eigenvalue weighted by Crippen LogP contribution is 2.26. The monoisotopic (exact) mass is 377 g/mol. The molecule has 1 unspecified atom stereocenters. The smallest absolute Gasteiger partial charge is 0.257 e. The average Bonchev–Trinajstić information content (AvgIpc) is 3.35. The van der Waals surface area contributed by atoms with Crippen LogP contribution in [0.5, 0.6) is 0 Å². The van der Waals surface area contributed by atoms with E-state index in [0.717, 1.165) is 38.0 Å². The van der Waals surface area contributed by atoms with Crippen LogP contribution < -0.4 is 5.32 Å². The van der Waals surface area contributed by atoms with Crippen LogP contribution >= 0.6 is 0 Å². The maximum absolute atomic E-state index is 12.6. The molecule has 140 valence electrons. The van der Waals surface area contributed by atoms with Crippen LogP contribution in [-0.2, 0) is 10.0 Å². The van der Waals surface area contributed by atoms with E-state index < -0.39 is 10.0 Å². The highest BCUT2D eigenvalue weighted by atomic mass is 32.2. The molecule has 4 rings (SSSR count). The van der Waals surface area contributed by atoms with Gasteiger partial charge < -0.3 is 9.84 Å². The molecule has 1 N–H and O–H groups in total. The minimum absolute atomic E-state index is 0.0797. The molecule has 0 bridgehead atoms. The summed E-state index contributed by atoms with van der Waals surface area (Å²) >= 11 is 0. The molecule has 0 aliphatic carbocycles. The van der Waals surface area contributed by atoms with Gasteiger partial charge >= 0.3 is 0 Å². The molecule has 9 heteroatoms. The van der Waals surface area contributed by atoms with Gasteiger partial charge in [-0.05, 0) is 44.2 Å². The topological polar surface area (TPSA) is 91.6 Å². The van der Waals surface area contributed by atoms with Crippen LogP contribution in [0.2, 0.25) is 0 Å². The van der Waals surface area contributed by atoms with Gasteiger partial charge in [-0.15, -0.1) is 0 Å². The van der Waals surface area contributed by atoms with Gasteiger partial charge in [-0.25, -0.2) is 8.42 Å². The van der Waals surface area contributed by atoms with Crippen LogP contribution in [0.3, 0.4) is 0 Å². The van der Waals surface area contributed by atoms with Gasteiger partial charge in [0, 0.05) is 38.3 Å². The molecule has 2 saturated heterocycles. The van der Waals surface area contributed by atoms with E-state index in [1.54, 1.807) is 28.6 Å². The number of hydrogen-bond acceptors (Lipinski definition) is 7. The third-order valence-corrected chi connectivity index (χ3v) is 6.97. The second kappa shape index (κ2) is 7.07. The third-order valence-electron chi connectivity index (χ3n) is 5.05. The fraction of sp³-hybridized carbons (Fsp3) is 0.529. The average molecular weight is 377 g/mol. The second-order valence-corrected chi connectivity index (χ2v) is 8.73. The first kappa shape index (κ1) is 17.6. The Bertz CT molecular complexity index is 859. The summed E-state index contributed by atoms with van der Waals surface area (Å²) < 4.78 is 32.1. The number of sulfonamides is 1. The highest BCUT2D eigenvalue weighted by molar-refractivity contribution is 7.89. The highest BCUT2D eigenvalue weighted by Gasteiger charge is 2.28. The summed E-state index contributed by atoms with van der Waals surface area (Å²) in [4.78, 5) is 7.00. The van der Waals surface area contributed by atoms with Crippen molar-refractivity contribution in [1.82, 2.24) is 24.7 Å². The number of likely N-dealkylation sites (N-methyl/N-ethyl adjacent to an activating group) is 1. The maximum Gasteiger partial charge on any atom is 0.257 e. The van der Waals surface area contributed by atoms with E-state index in [0.29, 0.717) is 29.7 Å². The van der Waals surface area contributed by atoms with Crippen molar-refractivity contribution in [3.05, 3.63) is 30.1 Å². The first-order chi connectivity index (χ1) is 12.6. The number of piperazine rings is 1. The number of nitrogens with zero attached hydrogens (tertiary/aromatic N) is 4. The molecule has 1 aromatic heterocycles. The van der Waals surface area contributed by atoms with Gasteiger partial charge in [0.2, 0.25) is 10.0 Å². The minimum Gasteiger partial charge on any atom is -0.334 e. The predicted octanol–water partition coefficient (Wildman–Crippen LogP) is 1.10. The molecule has 0 spiro atoms. The number of benzene rings is 1. The molecule has 26 heavy (non-hydrogen) atoms. The molecule has 2 aromatic rings. The summed E-state index contributed by atoms with van der Waals surface area (Å²) in [6.07, 6.45) is 1.85. The van der Waals surface area contributed by atoms with E-state index in [2.05, 4.69) is 20.4 Å². The number of rotatable bonds is 4. The van der Waals surface area contributed by atoms with Gasteiger partial charge in [0.05, 0.1) is 10.9 Å². The molecule has 2 aliphatic rings. The fourth-order valence-electron chi connectivity index (χ4n) is 3.43. The molecule has 2 aliphatic heterocycles. The number of nitrogens with one attached hydrogen (secondary N) is 1. The molecule has 0 amide bonds. The zero-order valence-corrected chi connectivity index (χ0v) is 15.6. The Balaban J connectivity index is 1.54. The van der Waals surface area contributed by atoms with Crippen molar-refractivity contribution >= 4 is 10.0 Å². The van der Waals surface area contributed by atoms with Gasteiger partial charge in [0.25, 0.3) is 5.89 Å². The molecule has 8 nitrogen and oxygen atoms in total. The molecule has 0 radical (unpaired) electrons. The largest absolute Gasteiger partial charge is 0.334 e. The first-order valence-corrected chi connectivity index (χ1v) is 10.3. The molecule has 0 saturated carbocycles. The summed E-state index contributed by atoms with van der Waals surface area (Å²) in [5.74, 6) is 1.05. The van der Waals surface area contributed by atoms with Crippen molar-refractivity contribution < 1.29 is 12.9 Å². The standard InChI is InChI=1S/C17H23N5O3S/c1-21-11-8-18-12-15(21)16-19-17(25-20-16)13-4-6-14(7-5-13)26(23,24)22-9-2-3-10-22/h4-7,15,18H,2-3,8-12H2,1H3. The summed E-state index contributed by atoms with van der Waals surface area (Å²) in [5, 5.41) is 7.44. The van der Waals surface area contributed by atoms with Crippen molar-refractivity contribution in [3.8, 4) is 11.5 Å². The fourth-order valence-corrected chi connectivity index (χ4v) is 4.95. The van der Waals surface area contributed by atoms with Crippen molar-refractivity contribution in [2.75, 3.05) is 39.8 Å². The first-order valence-electron chi connectivity index (χ1n) is 8.91. The summed E-state index contributed by atoms with van der Waals surface area (Å²) in [7, 11) is -1.36. The van der Waals surface area contributed by atoms with Crippen molar-refractivity contribution in [1.29, 1.82) is 0 Å². The molecule has 1 atom stereocenters. The Labute approximate surface area is 153 Å². The van der Waals surface area contributed by atoms with Crippen LogP contribution in [0, 0.1) is 0 Å². The Morgan fingerprint density at radius 3 is 2.58 bits per heavy atom. The molecule has 2 fully saturated rings. The van der Waals surface area contributed by atoms with Crippen LogP contribution in [0.1, 0.15) is 24.7 Å². The van der Waals surface area contributed by atoms with Gasteiger partial charge in [-0.2, -0.15) is 9.29 Å². The van der Waals surface area contributed by atoms with Crippen molar-refractivity contribution in [2.24, 2.45) is 0 Å². The normalized spacial score (nSPS) is 22.7. The lowest BCUT2D eigenvalue weighted by molar-refractivity contribution is 0.190. The Morgan fingerprint density at radius 1 is 1.15 bits per heavy atom. The van der Waals surface area contributed by atoms with Gasteiger partial charge in [0.15, 0.2) is 5.82 Å². The van der Waals surface area contributed by atoms with E-state index in [9.17, 15) is 8.42 Å². The zero-order valence-electron chi connectivity index (χ0n) is 14.8.